The number of nitrogens with zero attached hydrogens (tertiary/aromatic N) is 1. The van der Waals surface area contributed by atoms with Crippen molar-refractivity contribution < 1.29 is 14.3 Å². The average Bonchev–Trinajstić information content (AvgIpc) is 2.44. The van der Waals surface area contributed by atoms with Gasteiger partial charge in [-0.15, -0.1) is 0 Å². The van der Waals surface area contributed by atoms with Crippen molar-refractivity contribution in [1.82, 2.24) is 10.2 Å². The van der Waals surface area contributed by atoms with Crippen molar-refractivity contribution in [2.75, 3.05) is 33.4 Å². The number of nitrogens with two attached hydrogens (primary N) is 1. The van der Waals surface area contributed by atoms with E-state index in [1.54, 1.807) is 11.9 Å². The fourth-order valence-electron chi connectivity index (χ4n) is 2.23. The van der Waals surface area contributed by atoms with Crippen LogP contribution in [0.2, 0.25) is 0 Å². The maximum atomic E-state index is 12.2. The molecular formula is C13H25N3O3. The van der Waals surface area contributed by atoms with Crippen molar-refractivity contribution in [1.29, 1.82) is 0 Å². The maximum absolute atomic E-state index is 12.2. The second-order valence-electron chi connectivity index (χ2n) is 5.01. The predicted octanol–water partition coefficient (Wildman–Crippen LogP) is -0.275. The minimum absolute atomic E-state index is 0.0285. The third-order valence-corrected chi connectivity index (χ3v) is 3.51. The molecular weight excluding hydrogens is 246 g/mol. The molecule has 0 spiro atoms. The van der Waals surface area contributed by atoms with Crippen LogP contribution in [0.5, 0.6) is 0 Å². The molecule has 1 aliphatic heterocycles. The first kappa shape index (κ1) is 15.9. The lowest BCUT2D eigenvalue weighted by Crippen LogP contribution is -2.55. The van der Waals surface area contributed by atoms with Gasteiger partial charge in [0.25, 0.3) is 0 Å². The first-order valence-corrected chi connectivity index (χ1v) is 6.89. The summed E-state index contributed by atoms with van der Waals surface area (Å²) in [5.74, 6) is 0.303. The molecule has 2 amide bonds. The number of likely N-dealkylation sites (N-methyl/N-ethyl adjacent to an activating group) is 1. The van der Waals surface area contributed by atoms with E-state index in [2.05, 4.69) is 12.2 Å². The summed E-state index contributed by atoms with van der Waals surface area (Å²) in [7, 11) is 1.57. The van der Waals surface area contributed by atoms with E-state index in [1.165, 1.54) is 0 Å². The van der Waals surface area contributed by atoms with Crippen LogP contribution in [0, 0.1) is 5.92 Å². The van der Waals surface area contributed by atoms with Crippen LogP contribution >= 0.6 is 0 Å². The van der Waals surface area contributed by atoms with Crippen molar-refractivity contribution in [3.8, 4) is 0 Å². The zero-order chi connectivity index (χ0) is 14.3. The van der Waals surface area contributed by atoms with Crippen LogP contribution in [0.15, 0.2) is 0 Å². The number of hydrogen-bond donors (Lipinski definition) is 2. The van der Waals surface area contributed by atoms with Gasteiger partial charge in [0.2, 0.25) is 11.8 Å². The third kappa shape index (κ3) is 4.80. The van der Waals surface area contributed by atoms with Crippen molar-refractivity contribution in [2.45, 2.75) is 32.2 Å². The maximum Gasteiger partial charge on any atom is 0.244 e. The second kappa shape index (κ2) is 8.12. The Labute approximate surface area is 114 Å². The van der Waals surface area contributed by atoms with Gasteiger partial charge in [-0.3, -0.25) is 9.59 Å². The van der Waals surface area contributed by atoms with Gasteiger partial charge in [0.15, 0.2) is 0 Å². The number of carbonyl (C=O) groups excluding carboxylic acids is 2. The molecule has 19 heavy (non-hydrogen) atoms. The summed E-state index contributed by atoms with van der Waals surface area (Å²) < 4.78 is 5.28. The zero-order valence-electron chi connectivity index (χ0n) is 11.9. The van der Waals surface area contributed by atoms with E-state index in [0.29, 0.717) is 32.0 Å². The Morgan fingerprint density at radius 2 is 2.21 bits per heavy atom. The molecule has 0 bridgehead atoms. The van der Waals surface area contributed by atoms with Crippen molar-refractivity contribution >= 4 is 11.8 Å². The van der Waals surface area contributed by atoms with E-state index >= 15 is 0 Å². The van der Waals surface area contributed by atoms with Gasteiger partial charge in [-0.2, -0.15) is 0 Å². The highest BCUT2D eigenvalue weighted by molar-refractivity contribution is 5.87. The molecule has 1 aliphatic rings. The van der Waals surface area contributed by atoms with E-state index < -0.39 is 6.04 Å². The third-order valence-electron chi connectivity index (χ3n) is 3.51. The highest BCUT2D eigenvalue weighted by Gasteiger charge is 2.31. The number of rotatable bonds is 6. The molecule has 2 unspecified atom stereocenters. The molecule has 110 valence electrons. The summed E-state index contributed by atoms with van der Waals surface area (Å²) in [5.41, 5.74) is 5.49. The molecule has 0 aromatic heterocycles. The molecule has 6 heteroatoms. The van der Waals surface area contributed by atoms with Crippen LogP contribution in [0.25, 0.3) is 0 Å². The van der Waals surface area contributed by atoms with Crippen molar-refractivity contribution in [2.24, 2.45) is 11.7 Å². The molecule has 6 nitrogen and oxygen atoms in total. The zero-order valence-corrected chi connectivity index (χ0v) is 11.9. The number of ether oxygens (including phenoxy) is 1. The van der Waals surface area contributed by atoms with E-state index in [1.807, 2.05) is 0 Å². The molecule has 1 fully saturated rings. The Balaban J connectivity index is 2.50. The smallest absolute Gasteiger partial charge is 0.244 e. The standard InChI is InChI=1S/C13H25N3O3/c1-10(5-6-14)3-4-12(17)16-7-8-19-9-11(16)13(18)15-2/h10-11H,3-9,14H2,1-2H3,(H,15,18). The Kier molecular flexibility index (Phi) is 6.80. The van der Waals surface area contributed by atoms with Gasteiger partial charge in [-0.25, -0.2) is 0 Å². The molecule has 0 radical (unpaired) electrons. The summed E-state index contributed by atoms with van der Waals surface area (Å²) in [4.78, 5) is 25.6. The lowest BCUT2D eigenvalue weighted by molar-refractivity contribution is -0.148. The highest BCUT2D eigenvalue weighted by Crippen LogP contribution is 2.14. The molecule has 0 aromatic rings. The number of morpholine rings is 1. The van der Waals surface area contributed by atoms with E-state index in [9.17, 15) is 9.59 Å². The quantitative estimate of drug-likeness (QED) is 0.696. The SMILES string of the molecule is CNC(=O)C1COCCN1C(=O)CCC(C)CCN. The monoisotopic (exact) mass is 271 g/mol. The van der Waals surface area contributed by atoms with Crippen LogP contribution in [-0.2, 0) is 14.3 Å². The first-order valence-electron chi connectivity index (χ1n) is 6.89. The van der Waals surface area contributed by atoms with Gasteiger partial charge in [0.05, 0.1) is 13.2 Å². The summed E-state index contributed by atoms with van der Waals surface area (Å²) in [6.07, 6.45) is 2.21. The van der Waals surface area contributed by atoms with E-state index in [-0.39, 0.29) is 18.4 Å². The van der Waals surface area contributed by atoms with Crippen LogP contribution < -0.4 is 11.1 Å². The van der Waals surface area contributed by atoms with Gasteiger partial charge in [-0.05, 0) is 25.3 Å². The Hall–Kier alpha value is -1.14. The van der Waals surface area contributed by atoms with Gasteiger partial charge in [0.1, 0.15) is 6.04 Å². The average molecular weight is 271 g/mol. The molecule has 2 atom stereocenters. The first-order chi connectivity index (χ1) is 9.10. The largest absolute Gasteiger partial charge is 0.377 e. The van der Waals surface area contributed by atoms with Crippen LogP contribution in [0.4, 0.5) is 0 Å². The predicted molar refractivity (Wildman–Crippen MR) is 72.5 cm³/mol. The van der Waals surface area contributed by atoms with E-state index in [4.69, 9.17) is 10.5 Å². The van der Waals surface area contributed by atoms with Crippen LogP contribution in [0.3, 0.4) is 0 Å². The fraction of sp³-hybridized carbons (Fsp3) is 0.846. The van der Waals surface area contributed by atoms with E-state index in [0.717, 1.165) is 12.8 Å². The molecule has 3 N–H and O–H groups in total. The molecule has 1 rings (SSSR count). The highest BCUT2D eigenvalue weighted by atomic mass is 16.5. The number of amides is 2. The van der Waals surface area contributed by atoms with Gasteiger partial charge >= 0.3 is 0 Å². The summed E-state index contributed by atoms with van der Waals surface area (Å²) in [5, 5.41) is 2.58. The van der Waals surface area contributed by atoms with Gasteiger partial charge < -0.3 is 20.7 Å². The second-order valence-corrected chi connectivity index (χ2v) is 5.01. The molecule has 0 aliphatic carbocycles. The normalized spacial score (nSPS) is 21.0. The van der Waals surface area contributed by atoms with Crippen LogP contribution in [0.1, 0.15) is 26.2 Å². The molecule has 0 saturated carbocycles. The summed E-state index contributed by atoms with van der Waals surface area (Å²) in [6, 6.07) is -0.490. The molecule has 1 saturated heterocycles. The number of nitrogens with one attached hydrogen (secondary N) is 1. The number of carbonyl (C=O) groups is 2. The summed E-state index contributed by atoms with van der Waals surface area (Å²) in [6.45, 7) is 4.01. The topological polar surface area (TPSA) is 84.7 Å². The lowest BCUT2D eigenvalue weighted by Gasteiger charge is -2.34. The lowest BCUT2D eigenvalue weighted by atomic mass is 10.0. The summed E-state index contributed by atoms with van der Waals surface area (Å²) >= 11 is 0. The Bertz CT molecular complexity index is 310. The Morgan fingerprint density at radius 3 is 2.84 bits per heavy atom. The Morgan fingerprint density at radius 1 is 1.47 bits per heavy atom. The molecule has 1 heterocycles. The van der Waals surface area contributed by atoms with Crippen LogP contribution in [-0.4, -0.2) is 56.1 Å². The molecule has 0 aromatic carbocycles. The number of hydrogen-bond acceptors (Lipinski definition) is 4. The fourth-order valence-corrected chi connectivity index (χ4v) is 2.23. The van der Waals surface area contributed by atoms with Crippen molar-refractivity contribution in [3.05, 3.63) is 0 Å². The van der Waals surface area contributed by atoms with Gasteiger partial charge in [0, 0.05) is 20.0 Å². The minimum atomic E-state index is -0.490. The van der Waals surface area contributed by atoms with Gasteiger partial charge in [-0.1, -0.05) is 6.92 Å². The minimum Gasteiger partial charge on any atom is -0.377 e. The van der Waals surface area contributed by atoms with Crippen molar-refractivity contribution in [3.63, 3.8) is 0 Å².